The van der Waals surface area contributed by atoms with Crippen LogP contribution in [0, 0.1) is 5.41 Å². The molecule has 5 aliphatic rings. The van der Waals surface area contributed by atoms with Gasteiger partial charge in [0, 0.05) is 14.5 Å². The van der Waals surface area contributed by atoms with Gasteiger partial charge in [-0.25, -0.2) is 0 Å². The van der Waals surface area contributed by atoms with Crippen molar-refractivity contribution in [2.45, 2.75) is 68.7 Å². The third-order valence-corrected chi connectivity index (χ3v) is 8.10. The first-order valence-corrected chi connectivity index (χ1v) is 11.0. The van der Waals surface area contributed by atoms with Gasteiger partial charge < -0.3 is 14.6 Å². The predicted molar refractivity (Wildman–Crippen MR) is 111 cm³/mol. The van der Waals surface area contributed by atoms with Crippen LogP contribution in [-0.4, -0.2) is 40.1 Å². The van der Waals surface area contributed by atoms with E-state index in [0.29, 0.717) is 16.8 Å². The fourth-order valence-corrected chi connectivity index (χ4v) is 6.01. The van der Waals surface area contributed by atoms with Gasteiger partial charge in [0.05, 0.1) is 5.41 Å². The molecule has 1 atom stereocenters. The first-order valence-electron chi connectivity index (χ1n) is 11.0. The summed E-state index contributed by atoms with van der Waals surface area (Å²) in [5.74, 6) is 0.861. The first-order chi connectivity index (χ1) is 14.0. The van der Waals surface area contributed by atoms with E-state index >= 15 is 0 Å². The number of anilines is 1. The molecule has 6 heteroatoms. The van der Waals surface area contributed by atoms with Crippen LogP contribution in [0.25, 0.3) is 0 Å². The SMILES string of the molecule is CC(Nc1nnc(C23CC(c4ccccc4)(C2)C3)o1)C(=O)N1CCC2(CC1)CC2.[HH]. The fourth-order valence-electron chi connectivity index (χ4n) is 6.01. The molecule has 5 fully saturated rings. The fraction of sp³-hybridized carbons (Fsp3) is 0.609. The Morgan fingerprint density at radius 2 is 1.76 bits per heavy atom. The van der Waals surface area contributed by atoms with Gasteiger partial charge >= 0.3 is 6.01 Å². The summed E-state index contributed by atoms with van der Waals surface area (Å²) in [5.41, 5.74) is 2.35. The first kappa shape index (κ1) is 17.5. The number of benzene rings is 1. The molecule has 1 unspecified atom stereocenters. The van der Waals surface area contributed by atoms with Gasteiger partial charge in [0.15, 0.2) is 0 Å². The van der Waals surface area contributed by atoms with E-state index < -0.39 is 0 Å². The normalized spacial score (nSPS) is 32.2. The van der Waals surface area contributed by atoms with Crippen molar-refractivity contribution in [3.05, 3.63) is 41.8 Å². The Morgan fingerprint density at radius 3 is 2.41 bits per heavy atom. The smallest absolute Gasteiger partial charge is 0.316 e. The summed E-state index contributed by atoms with van der Waals surface area (Å²) in [7, 11) is 0. The minimum Gasteiger partial charge on any atom is -0.408 e. The Bertz CT molecular complexity index is 925. The number of nitrogens with one attached hydrogen (secondary N) is 1. The lowest BCUT2D eigenvalue weighted by Gasteiger charge is -2.69. The number of rotatable bonds is 5. The van der Waals surface area contributed by atoms with E-state index in [9.17, 15) is 4.79 Å². The zero-order valence-corrected chi connectivity index (χ0v) is 17.0. The molecule has 154 valence electrons. The van der Waals surface area contributed by atoms with E-state index in [4.69, 9.17) is 4.42 Å². The number of piperidine rings is 1. The van der Waals surface area contributed by atoms with E-state index in [0.717, 1.165) is 51.1 Å². The van der Waals surface area contributed by atoms with Crippen LogP contribution in [0.1, 0.15) is 64.8 Å². The maximum Gasteiger partial charge on any atom is 0.316 e. The van der Waals surface area contributed by atoms with Crippen molar-refractivity contribution in [3.63, 3.8) is 0 Å². The number of nitrogens with zero attached hydrogens (tertiary/aromatic N) is 3. The summed E-state index contributed by atoms with van der Waals surface area (Å²) in [4.78, 5) is 14.8. The van der Waals surface area contributed by atoms with E-state index in [2.05, 4.69) is 45.8 Å². The van der Waals surface area contributed by atoms with Crippen molar-refractivity contribution >= 4 is 11.9 Å². The number of hydrogen-bond donors (Lipinski definition) is 1. The number of likely N-dealkylation sites (tertiary alicyclic amines) is 1. The molecule has 0 radical (unpaired) electrons. The molecule has 6 nitrogen and oxygen atoms in total. The molecule has 4 aliphatic carbocycles. The number of amides is 1. The maximum atomic E-state index is 12.8. The van der Waals surface area contributed by atoms with E-state index in [1.807, 2.05) is 11.8 Å². The van der Waals surface area contributed by atoms with Crippen molar-refractivity contribution < 1.29 is 10.6 Å². The van der Waals surface area contributed by atoms with Crippen LogP contribution in [0.3, 0.4) is 0 Å². The van der Waals surface area contributed by atoms with Gasteiger partial charge in [0.2, 0.25) is 11.8 Å². The highest BCUT2D eigenvalue weighted by Gasteiger charge is 2.71. The Balaban J connectivity index is 0.00000193. The van der Waals surface area contributed by atoms with Gasteiger partial charge in [-0.3, -0.25) is 4.79 Å². The third-order valence-electron chi connectivity index (χ3n) is 8.10. The third kappa shape index (κ3) is 2.64. The van der Waals surface area contributed by atoms with Gasteiger partial charge in [0.25, 0.3) is 0 Å². The topological polar surface area (TPSA) is 71.3 Å². The van der Waals surface area contributed by atoms with Crippen LogP contribution in [0.15, 0.2) is 34.7 Å². The second kappa shape index (κ2) is 5.83. The summed E-state index contributed by atoms with van der Waals surface area (Å²) < 4.78 is 5.96. The maximum absolute atomic E-state index is 12.8. The van der Waals surface area contributed by atoms with Crippen LogP contribution >= 0.6 is 0 Å². The summed E-state index contributed by atoms with van der Waals surface area (Å²) in [5, 5.41) is 11.7. The average molecular weight is 395 g/mol. The monoisotopic (exact) mass is 394 g/mol. The van der Waals surface area contributed by atoms with Gasteiger partial charge in [-0.2, -0.15) is 0 Å². The number of aromatic nitrogens is 2. The molecular formula is C23H30N4O2. The molecule has 1 N–H and O–H groups in total. The molecule has 1 saturated heterocycles. The number of hydrogen-bond acceptors (Lipinski definition) is 5. The molecule has 1 aromatic heterocycles. The van der Waals surface area contributed by atoms with Gasteiger partial charge in [0.1, 0.15) is 6.04 Å². The molecular weight excluding hydrogens is 364 g/mol. The molecule has 1 amide bonds. The van der Waals surface area contributed by atoms with Gasteiger partial charge in [-0.1, -0.05) is 35.4 Å². The number of carbonyl (C=O) groups is 1. The quantitative estimate of drug-likeness (QED) is 0.833. The largest absolute Gasteiger partial charge is 0.408 e. The van der Waals surface area contributed by atoms with Crippen LogP contribution < -0.4 is 5.32 Å². The molecule has 4 saturated carbocycles. The second-order valence-electron chi connectivity index (χ2n) is 10.1. The van der Waals surface area contributed by atoms with Gasteiger partial charge in [-0.15, -0.1) is 5.10 Å². The van der Waals surface area contributed by atoms with E-state index in [-0.39, 0.29) is 18.8 Å². The highest BCUT2D eigenvalue weighted by Crippen LogP contribution is 2.73. The Hall–Kier alpha value is -2.37. The van der Waals surface area contributed by atoms with Crippen molar-refractivity contribution in [1.82, 2.24) is 15.1 Å². The molecule has 2 aromatic rings. The van der Waals surface area contributed by atoms with Crippen molar-refractivity contribution in [2.24, 2.45) is 5.41 Å². The van der Waals surface area contributed by atoms with E-state index in [1.165, 1.54) is 18.4 Å². The summed E-state index contributed by atoms with van der Waals surface area (Å²) in [6.07, 6.45) is 8.24. The molecule has 1 aromatic carbocycles. The van der Waals surface area contributed by atoms with Crippen LogP contribution in [0.4, 0.5) is 6.01 Å². The van der Waals surface area contributed by atoms with Crippen molar-refractivity contribution in [3.8, 4) is 0 Å². The van der Waals surface area contributed by atoms with Crippen molar-refractivity contribution in [2.75, 3.05) is 18.4 Å². The molecule has 1 spiro atoms. The standard InChI is InChI=1S/C23H28N4O2.H2/c1-16(18(28)27-11-9-21(7-8-21)10-12-27)24-20-26-25-19(29-20)23-13-22(14-23,15-23)17-5-3-2-4-6-17;/h2-6,16H,7-15H2,1H3,(H,24,26);1H. The lowest BCUT2D eigenvalue weighted by molar-refractivity contribution is -0.133. The average Bonchev–Trinajstić information content (AvgIpc) is 3.27. The zero-order chi connectivity index (χ0) is 19.7. The summed E-state index contributed by atoms with van der Waals surface area (Å²) >= 11 is 0. The zero-order valence-electron chi connectivity index (χ0n) is 17.0. The Morgan fingerprint density at radius 1 is 1.07 bits per heavy atom. The summed E-state index contributed by atoms with van der Waals surface area (Å²) in [6, 6.07) is 10.8. The van der Waals surface area contributed by atoms with E-state index in [1.54, 1.807) is 0 Å². The van der Waals surface area contributed by atoms with Crippen LogP contribution in [0.2, 0.25) is 0 Å². The predicted octanol–water partition coefficient (Wildman–Crippen LogP) is 3.89. The van der Waals surface area contributed by atoms with Gasteiger partial charge in [-0.05, 0) is 68.3 Å². The van der Waals surface area contributed by atoms with Crippen LogP contribution in [0.5, 0.6) is 0 Å². The Kier molecular flexibility index (Phi) is 3.52. The minimum absolute atomic E-state index is 0. The minimum atomic E-state index is -0.347. The highest BCUT2D eigenvalue weighted by atomic mass is 16.4. The lowest BCUT2D eigenvalue weighted by atomic mass is 9.33. The summed E-state index contributed by atoms with van der Waals surface area (Å²) in [6.45, 7) is 3.65. The Labute approximate surface area is 172 Å². The highest BCUT2D eigenvalue weighted by molar-refractivity contribution is 5.83. The molecule has 7 rings (SSSR count). The van der Waals surface area contributed by atoms with Crippen molar-refractivity contribution in [1.29, 1.82) is 0 Å². The lowest BCUT2D eigenvalue weighted by Crippen LogP contribution is -2.67. The molecule has 29 heavy (non-hydrogen) atoms. The molecule has 2 heterocycles. The second-order valence-corrected chi connectivity index (χ2v) is 10.1. The number of carbonyl (C=O) groups excluding carboxylic acids is 1. The molecule has 1 aliphatic heterocycles. The molecule has 2 bridgehead atoms. The van der Waals surface area contributed by atoms with Crippen LogP contribution in [-0.2, 0) is 15.6 Å².